The van der Waals surface area contributed by atoms with Crippen molar-refractivity contribution in [2.45, 2.75) is 6.92 Å². The Balaban J connectivity index is 2.42. The molecule has 0 aliphatic heterocycles. The minimum absolute atomic E-state index is 0.0856. The molecule has 2 rings (SSSR count). The zero-order valence-electron chi connectivity index (χ0n) is 9.89. The summed E-state index contributed by atoms with van der Waals surface area (Å²) in [5.41, 5.74) is 0.655. The predicted octanol–water partition coefficient (Wildman–Crippen LogP) is 4.60. The minimum Gasteiger partial charge on any atom is -0.450 e. The van der Waals surface area contributed by atoms with Gasteiger partial charge in [0.1, 0.15) is 11.6 Å². The summed E-state index contributed by atoms with van der Waals surface area (Å²) >= 11 is 3.13. The first-order chi connectivity index (χ1) is 8.95. The number of nitrogens with zero attached hydrogens (tertiary/aromatic N) is 1. The van der Waals surface area contributed by atoms with Crippen molar-refractivity contribution in [3.8, 4) is 11.5 Å². The van der Waals surface area contributed by atoms with Crippen molar-refractivity contribution in [2.24, 2.45) is 0 Å². The van der Waals surface area contributed by atoms with Crippen molar-refractivity contribution in [3.63, 3.8) is 0 Å². The molecule has 98 valence electrons. The number of rotatable bonds is 3. The van der Waals surface area contributed by atoms with Crippen molar-refractivity contribution in [1.29, 1.82) is 0 Å². The average molecular weight is 326 g/mol. The first-order valence-corrected chi connectivity index (χ1v) is 6.14. The quantitative estimate of drug-likeness (QED) is 0.612. The number of aryl methyl sites for hydroxylation is 1. The Morgan fingerprint density at radius 3 is 2.63 bits per heavy atom. The fraction of sp³-hybridized carbons (Fsp3) is 0.0769. The molecular weight excluding hydrogens is 317 g/mol. The zero-order valence-corrected chi connectivity index (χ0v) is 11.5. The highest BCUT2D eigenvalue weighted by Crippen LogP contribution is 2.33. The lowest BCUT2D eigenvalue weighted by Crippen LogP contribution is -1.94. The summed E-state index contributed by atoms with van der Waals surface area (Å²) < 4.78 is 19.1. The van der Waals surface area contributed by atoms with Gasteiger partial charge in [-0.2, -0.15) is 0 Å². The topological polar surface area (TPSA) is 52.4 Å². The second-order valence-electron chi connectivity index (χ2n) is 3.94. The number of nitro benzene ring substituents is 1. The summed E-state index contributed by atoms with van der Waals surface area (Å²) in [6.07, 6.45) is 0. The van der Waals surface area contributed by atoms with Crippen LogP contribution in [0.5, 0.6) is 11.5 Å². The number of hydrogen-bond donors (Lipinski definition) is 0. The van der Waals surface area contributed by atoms with Gasteiger partial charge in [0.2, 0.25) is 5.75 Å². The minimum atomic E-state index is -0.539. The number of ether oxygens (including phenoxy) is 1. The van der Waals surface area contributed by atoms with Gasteiger partial charge in [-0.05, 0) is 30.7 Å². The first kappa shape index (κ1) is 13.5. The summed E-state index contributed by atoms with van der Waals surface area (Å²) in [5, 5.41) is 10.9. The Bertz CT molecular complexity index is 626. The molecule has 0 spiro atoms. The van der Waals surface area contributed by atoms with Crippen LogP contribution in [-0.2, 0) is 0 Å². The largest absolute Gasteiger partial charge is 0.450 e. The normalized spacial score (nSPS) is 10.3. The predicted molar refractivity (Wildman–Crippen MR) is 72.0 cm³/mol. The number of nitro groups is 1. The molecule has 0 saturated heterocycles. The van der Waals surface area contributed by atoms with Crippen molar-refractivity contribution < 1.29 is 14.1 Å². The van der Waals surface area contributed by atoms with E-state index >= 15 is 0 Å². The van der Waals surface area contributed by atoms with Gasteiger partial charge in [-0.15, -0.1) is 0 Å². The molecule has 0 atom stereocenters. The average Bonchev–Trinajstić information content (AvgIpc) is 2.26. The molecular formula is C13H9BrFNO3. The molecule has 0 heterocycles. The second-order valence-corrected chi connectivity index (χ2v) is 4.85. The third kappa shape index (κ3) is 3.29. The molecule has 0 aliphatic rings. The van der Waals surface area contributed by atoms with Crippen molar-refractivity contribution in [3.05, 3.63) is 62.4 Å². The second kappa shape index (κ2) is 5.36. The van der Waals surface area contributed by atoms with E-state index in [2.05, 4.69) is 15.9 Å². The van der Waals surface area contributed by atoms with Gasteiger partial charge in [0.05, 0.1) is 4.92 Å². The Labute approximate surface area is 117 Å². The molecule has 0 aromatic heterocycles. The standard InChI is InChI=1S/C13H9BrFNO3/c1-8-2-3-12(16(17)18)13(4-8)19-11-6-9(14)5-10(15)7-11/h2-7H,1H3. The molecule has 0 aliphatic carbocycles. The van der Waals surface area contributed by atoms with Crippen LogP contribution in [0.25, 0.3) is 0 Å². The van der Waals surface area contributed by atoms with E-state index in [1.54, 1.807) is 13.0 Å². The lowest BCUT2D eigenvalue weighted by molar-refractivity contribution is -0.385. The molecule has 2 aromatic carbocycles. The summed E-state index contributed by atoms with van der Waals surface area (Å²) in [4.78, 5) is 10.4. The van der Waals surface area contributed by atoms with Crippen LogP contribution in [0.15, 0.2) is 40.9 Å². The van der Waals surface area contributed by atoms with Gasteiger partial charge in [-0.25, -0.2) is 4.39 Å². The molecule has 4 nitrogen and oxygen atoms in total. The van der Waals surface area contributed by atoms with E-state index in [1.807, 2.05) is 0 Å². The molecule has 0 saturated carbocycles. The third-order valence-electron chi connectivity index (χ3n) is 2.38. The van der Waals surface area contributed by atoms with Crippen LogP contribution < -0.4 is 4.74 Å². The van der Waals surface area contributed by atoms with Crippen LogP contribution in [0.3, 0.4) is 0 Å². The lowest BCUT2D eigenvalue weighted by atomic mass is 10.2. The molecule has 2 aromatic rings. The Hall–Kier alpha value is -1.95. The molecule has 0 bridgehead atoms. The van der Waals surface area contributed by atoms with E-state index in [4.69, 9.17) is 4.74 Å². The zero-order chi connectivity index (χ0) is 14.0. The van der Waals surface area contributed by atoms with Gasteiger partial charge in [0.15, 0.2) is 0 Å². The number of benzene rings is 2. The smallest absolute Gasteiger partial charge is 0.311 e. The maximum atomic E-state index is 13.2. The van der Waals surface area contributed by atoms with E-state index in [0.717, 1.165) is 11.6 Å². The maximum Gasteiger partial charge on any atom is 0.311 e. The Kier molecular flexibility index (Phi) is 3.80. The van der Waals surface area contributed by atoms with Crippen LogP contribution in [0.2, 0.25) is 0 Å². The van der Waals surface area contributed by atoms with E-state index < -0.39 is 10.7 Å². The van der Waals surface area contributed by atoms with Crippen molar-refractivity contribution in [2.75, 3.05) is 0 Å². The molecule has 6 heteroatoms. The van der Waals surface area contributed by atoms with Crippen LogP contribution in [0.4, 0.5) is 10.1 Å². The Morgan fingerprint density at radius 2 is 2.00 bits per heavy atom. The fourth-order valence-corrected chi connectivity index (χ4v) is 2.01. The summed E-state index contributed by atoms with van der Waals surface area (Å²) in [6.45, 7) is 1.79. The van der Waals surface area contributed by atoms with E-state index in [-0.39, 0.29) is 17.2 Å². The SMILES string of the molecule is Cc1ccc([N+](=O)[O-])c(Oc2cc(F)cc(Br)c2)c1. The van der Waals surface area contributed by atoms with Crippen LogP contribution in [0, 0.1) is 22.9 Å². The van der Waals surface area contributed by atoms with Crippen LogP contribution >= 0.6 is 15.9 Å². The van der Waals surface area contributed by atoms with Gasteiger partial charge < -0.3 is 4.74 Å². The highest BCUT2D eigenvalue weighted by Gasteiger charge is 2.16. The summed E-state index contributed by atoms with van der Waals surface area (Å²) in [7, 11) is 0. The van der Waals surface area contributed by atoms with E-state index in [1.165, 1.54) is 24.3 Å². The van der Waals surface area contributed by atoms with Crippen LogP contribution in [0.1, 0.15) is 5.56 Å². The van der Waals surface area contributed by atoms with Gasteiger partial charge in [0, 0.05) is 16.6 Å². The highest BCUT2D eigenvalue weighted by atomic mass is 79.9. The van der Waals surface area contributed by atoms with Crippen molar-refractivity contribution in [1.82, 2.24) is 0 Å². The van der Waals surface area contributed by atoms with Crippen molar-refractivity contribution >= 4 is 21.6 Å². The number of halogens is 2. The first-order valence-electron chi connectivity index (χ1n) is 5.35. The van der Waals surface area contributed by atoms with Gasteiger partial charge in [-0.1, -0.05) is 22.0 Å². The lowest BCUT2D eigenvalue weighted by Gasteiger charge is -2.07. The molecule has 0 amide bonds. The number of hydrogen-bond acceptors (Lipinski definition) is 3. The third-order valence-corrected chi connectivity index (χ3v) is 2.83. The fourth-order valence-electron chi connectivity index (χ4n) is 1.57. The molecule has 19 heavy (non-hydrogen) atoms. The molecule has 0 radical (unpaired) electrons. The summed E-state index contributed by atoms with van der Waals surface area (Å²) in [6, 6.07) is 8.49. The van der Waals surface area contributed by atoms with Gasteiger partial charge in [0.25, 0.3) is 0 Å². The summed E-state index contributed by atoms with van der Waals surface area (Å²) in [5.74, 6) is -0.206. The van der Waals surface area contributed by atoms with E-state index in [0.29, 0.717) is 4.47 Å². The monoisotopic (exact) mass is 325 g/mol. The highest BCUT2D eigenvalue weighted by molar-refractivity contribution is 9.10. The van der Waals surface area contributed by atoms with E-state index in [9.17, 15) is 14.5 Å². The molecule has 0 N–H and O–H groups in total. The van der Waals surface area contributed by atoms with Gasteiger partial charge >= 0.3 is 5.69 Å². The maximum absolute atomic E-state index is 13.2. The van der Waals surface area contributed by atoms with Gasteiger partial charge in [-0.3, -0.25) is 10.1 Å². The van der Waals surface area contributed by atoms with Crippen LogP contribution in [-0.4, -0.2) is 4.92 Å². The molecule has 0 fully saturated rings. The molecule has 0 unspecified atom stereocenters. The Morgan fingerprint density at radius 1 is 1.26 bits per heavy atom.